The molecule has 5 nitrogen and oxygen atoms in total. The van der Waals surface area contributed by atoms with Crippen LogP contribution in [0.5, 0.6) is 0 Å². The lowest BCUT2D eigenvalue weighted by molar-refractivity contribution is -0.231. The van der Waals surface area contributed by atoms with Crippen LogP contribution in [-0.2, 0) is 14.3 Å². The normalized spacial score (nSPS) is 46.0. The van der Waals surface area contributed by atoms with Gasteiger partial charge < -0.3 is 19.7 Å². The van der Waals surface area contributed by atoms with Gasteiger partial charge in [-0.2, -0.15) is 0 Å². The Kier molecular flexibility index (Phi) is 7.54. The first-order valence-corrected chi connectivity index (χ1v) is 17.3. The van der Waals surface area contributed by atoms with Crippen molar-refractivity contribution < 1.29 is 24.5 Å². The van der Waals surface area contributed by atoms with Crippen molar-refractivity contribution in [2.45, 2.75) is 177 Å². The van der Waals surface area contributed by atoms with Gasteiger partial charge in [0.05, 0.1) is 28.8 Å². The Balaban J connectivity index is 1.53. The van der Waals surface area contributed by atoms with Crippen molar-refractivity contribution in [3.8, 4) is 0 Å². The second kappa shape index (κ2) is 9.68. The molecule has 5 heteroatoms. The van der Waals surface area contributed by atoms with E-state index in [1.54, 1.807) is 0 Å². The van der Waals surface area contributed by atoms with Crippen LogP contribution in [0, 0.1) is 50.2 Å². The molecule has 4 saturated carbocycles. The van der Waals surface area contributed by atoms with Crippen LogP contribution in [0.25, 0.3) is 0 Å². The summed E-state index contributed by atoms with van der Waals surface area (Å²) in [5, 5.41) is 22.1. The molecule has 5 aliphatic rings. The van der Waals surface area contributed by atoms with Crippen LogP contribution in [-0.4, -0.2) is 45.7 Å². The molecule has 42 heavy (non-hydrogen) atoms. The molecule has 0 radical (unpaired) electrons. The predicted molar refractivity (Wildman–Crippen MR) is 168 cm³/mol. The summed E-state index contributed by atoms with van der Waals surface area (Å²) in [4.78, 5) is 13.3. The zero-order valence-corrected chi connectivity index (χ0v) is 29.2. The Morgan fingerprint density at radius 1 is 0.857 bits per heavy atom. The summed E-state index contributed by atoms with van der Waals surface area (Å²) in [7, 11) is 0. The third kappa shape index (κ3) is 4.50. The fraction of sp³-hybridized carbons (Fsp3) is 0.973. The standard InChI is InChI=1S/C37H64O5/c1-23(41-29(39)30(2,3)4)28(35(12)19-17-27(42-35)33(9,10)40)34(11)20-21-37-22-36(37)18-13-14-26(38)31(5,6)24(36)15-16-25(37)32(34,7)8/h23-28,38,40H,13-22H2,1-12H3/t23?,24?,25?,26?,27?,28?,34?,35-,36?,37+/m1/s1. The molecule has 10 atom stereocenters. The lowest BCUT2D eigenvalue weighted by Crippen LogP contribution is -2.63. The van der Waals surface area contributed by atoms with Crippen LogP contribution >= 0.6 is 0 Å². The zero-order chi connectivity index (χ0) is 31.5. The largest absolute Gasteiger partial charge is 0.462 e. The van der Waals surface area contributed by atoms with E-state index in [1.807, 2.05) is 34.6 Å². The van der Waals surface area contributed by atoms with E-state index in [0.29, 0.717) is 22.7 Å². The van der Waals surface area contributed by atoms with E-state index in [2.05, 4.69) is 48.5 Å². The van der Waals surface area contributed by atoms with Crippen LogP contribution in [0.3, 0.4) is 0 Å². The molecule has 0 bridgehead atoms. The minimum Gasteiger partial charge on any atom is -0.462 e. The van der Waals surface area contributed by atoms with Gasteiger partial charge in [0.2, 0.25) is 0 Å². The molecule has 2 spiro atoms. The monoisotopic (exact) mass is 588 g/mol. The maximum absolute atomic E-state index is 13.3. The van der Waals surface area contributed by atoms with Crippen LogP contribution in [0.15, 0.2) is 0 Å². The van der Waals surface area contributed by atoms with Gasteiger partial charge >= 0.3 is 5.97 Å². The molecular formula is C37H64O5. The van der Waals surface area contributed by atoms with Gasteiger partial charge in [-0.1, -0.05) is 41.0 Å². The molecular weight excluding hydrogens is 524 g/mol. The number of hydrogen-bond acceptors (Lipinski definition) is 5. The molecule has 1 aliphatic heterocycles. The van der Waals surface area contributed by atoms with Crippen molar-refractivity contribution in [3.05, 3.63) is 0 Å². The fourth-order valence-electron chi connectivity index (χ4n) is 12.2. The van der Waals surface area contributed by atoms with Crippen molar-refractivity contribution in [1.82, 2.24) is 0 Å². The van der Waals surface area contributed by atoms with Gasteiger partial charge in [0, 0.05) is 5.92 Å². The van der Waals surface area contributed by atoms with Crippen LogP contribution in [0.4, 0.5) is 0 Å². The Bertz CT molecular complexity index is 1070. The molecule has 0 aromatic carbocycles. The van der Waals surface area contributed by atoms with Crippen molar-refractivity contribution in [2.75, 3.05) is 0 Å². The van der Waals surface area contributed by atoms with Crippen LogP contribution in [0.2, 0.25) is 0 Å². The number of carbonyl (C=O) groups is 1. The second-order valence-corrected chi connectivity index (χ2v) is 19.0. The summed E-state index contributed by atoms with van der Waals surface area (Å²) in [6, 6.07) is 0. The van der Waals surface area contributed by atoms with E-state index in [1.165, 1.54) is 32.1 Å². The van der Waals surface area contributed by atoms with Gasteiger partial charge in [-0.25, -0.2) is 0 Å². The van der Waals surface area contributed by atoms with Crippen LogP contribution in [0.1, 0.15) is 147 Å². The highest BCUT2D eigenvalue weighted by Gasteiger charge is 2.81. The molecule has 5 rings (SSSR count). The molecule has 5 fully saturated rings. The fourth-order valence-corrected chi connectivity index (χ4v) is 12.2. The average molecular weight is 589 g/mol. The Morgan fingerprint density at radius 3 is 2.02 bits per heavy atom. The van der Waals surface area contributed by atoms with E-state index in [-0.39, 0.29) is 46.4 Å². The third-order valence-electron chi connectivity index (χ3n) is 14.7. The number of hydrogen-bond donors (Lipinski definition) is 2. The molecule has 2 N–H and O–H groups in total. The molecule has 0 aromatic rings. The minimum absolute atomic E-state index is 0.00103. The summed E-state index contributed by atoms with van der Waals surface area (Å²) >= 11 is 0. The molecule has 0 aromatic heterocycles. The highest BCUT2D eigenvalue weighted by atomic mass is 16.6. The van der Waals surface area contributed by atoms with E-state index in [9.17, 15) is 15.0 Å². The molecule has 8 unspecified atom stereocenters. The van der Waals surface area contributed by atoms with Gasteiger partial charge in [-0.15, -0.1) is 0 Å². The highest BCUT2D eigenvalue weighted by Crippen LogP contribution is 2.87. The topological polar surface area (TPSA) is 76.0 Å². The summed E-state index contributed by atoms with van der Waals surface area (Å²) < 4.78 is 13.3. The number of esters is 1. The van der Waals surface area contributed by atoms with E-state index < -0.39 is 16.6 Å². The molecule has 0 amide bonds. The van der Waals surface area contributed by atoms with Crippen LogP contribution < -0.4 is 0 Å². The Hall–Kier alpha value is -0.650. The Morgan fingerprint density at radius 2 is 1.45 bits per heavy atom. The van der Waals surface area contributed by atoms with Gasteiger partial charge in [0.25, 0.3) is 0 Å². The summed E-state index contributed by atoms with van der Waals surface area (Å²) in [6.07, 6.45) is 10.3. The minimum atomic E-state index is -0.920. The van der Waals surface area contributed by atoms with Gasteiger partial charge in [-0.3, -0.25) is 4.79 Å². The van der Waals surface area contributed by atoms with E-state index >= 15 is 0 Å². The SMILES string of the molecule is CC(OC(=O)C(C)(C)C)C(C1(C)CC[C@@]23CC24CCCC(O)C(C)(C)C4CCC3C1(C)C)[C@@]1(C)CCC(C(C)(C)O)O1. The lowest BCUT2D eigenvalue weighted by Gasteiger charge is -2.65. The zero-order valence-electron chi connectivity index (χ0n) is 29.2. The molecule has 1 heterocycles. The maximum Gasteiger partial charge on any atom is 0.311 e. The molecule has 4 aliphatic carbocycles. The predicted octanol–water partition coefficient (Wildman–Crippen LogP) is 8.09. The number of carbonyl (C=O) groups excluding carboxylic acids is 1. The third-order valence-corrected chi connectivity index (χ3v) is 14.7. The molecule has 242 valence electrons. The van der Waals surface area contributed by atoms with E-state index in [0.717, 1.165) is 32.1 Å². The maximum atomic E-state index is 13.3. The van der Waals surface area contributed by atoms with Crippen molar-refractivity contribution in [2.24, 2.45) is 50.2 Å². The number of aliphatic hydroxyl groups excluding tert-OH is 1. The highest BCUT2D eigenvalue weighted by molar-refractivity contribution is 5.75. The van der Waals surface area contributed by atoms with Crippen molar-refractivity contribution in [1.29, 1.82) is 0 Å². The van der Waals surface area contributed by atoms with Gasteiger partial charge in [-0.05, 0) is 145 Å². The summed E-state index contributed by atoms with van der Waals surface area (Å²) in [6.45, 7) is 26.1. The van der Waals surface area contributed by atoms with E-state index in [4.69, 9.17) is 9.47 Å². The molecule has 1 saturated heterocycles. The number of ether oxygens (including phenoxy) is 2. The van der Waals surface area contributed by atoms with Crippen molar-refractivity contribution >= 4 is 5.97 Å². The van der Waals surface area contributed by atoms with Crippen molar-refractivity contribution in [3.63, 3.8) is 0 Å². The van der Waals surface area contributed by atoms with Gasteiger partial charge in [0.15, 0.2) is 0 Å². The first kappa shape index (κ1) is 32.7. The first-order valence-electron chi connectivity index (χ1n) is 17.3. The summed E-state index contributed by atoms with van der Waals surface area (Å²) in [5.74, 6) is 1.02. The van der Waals surface area contributed by atoms with Gasteiger partial charge in [0.1, 0.15) is 6.10 Å². The Labute approximate surface area is 257 Å². The smallest absolute Gasteiger partial charge is 0.311 e. The average Bonchev–Trinajstić information content (AvgIpc) is 3.36. The number of aliphatic hydroxyl groups is 2. The number of rotatable bonds is 5. The quantitative estimate of drug-likeness (QED) is 0.318. The lowest BCUT2D eigenvalue weighted by atomic mass is 9.40. The summed E-state index contributed by atoms with van der Waals surface area (Å²) in [5.41, 5.74) is -1.46. The second-order valence-electron chi connectivity index (χ2n) is 19.0. The first-order chi connectivity index (χ1) is 19.0.